The monoisotopic (exact) mass is 551 g/mol. The summed E-state index contributed by atoms with van der Waals surface area (Å²) in [5.74, 6) is 1.91. The summed E-state index contributed by atoms with van der Waals surface area (Å²) in [5, 5.41) is 2.32. The van der Waals surface area contributed by atoms with Gasteiger partial charge in [-0.2, -0.15) is 0 Å². The van der Waals surface area contributed by atoms with E-state index >= 15 is 0 Å². The smallest absolute Gasteiger partial charge is 0.248 e. The molecular weight excluding hydrogens is 522 g/mol. The Morgan fingerprint density at radius 1 is 0.714 bits per heavy atom. The van der Waals surface area contributed by atoms with Crippen LogP contribution in [0.4, 0.5) is 0 Å². The zero-order valence-electron chi connectivity index (χ0n) is 23.7. The summed E-state index contributed by atoms with van der Waals surface area (Å²) in [4.78, 5) is 16.4. The molecule has 0 fully saturated rings. The van der Waals surface area contributed by atoms with Crippen LogP contribution in [0.3, 0.4) is 0 Å². The van der Waals surface area contributed by atoms with Gasteiger partial charge in [0.05, 0.1) is 21.3 Å². The maximum atomic E-state index is 14.3. The molecule has 3 aliphatic rings. The van der Waals surface area contributed by atoms with E-state index in [4.69, 9.17) is 14.2 Å². The third-order valence-corrected chi connectivity index (χ3v) is 9.35. The molecule has 0 saturated heterocycles. The van der Waals surface area contributed by atoms with E-state index in [9.17, 15) is 4.79 Å². The third-order valence-electron chi connectivity index (χ3n) is 9.35. The molecule has 0 bridgehead atoms. The predicted molar refractivity (Wildman–Crippen MR) is 164 cm³/mol. The van der Waals surface area contributed by atoms with Crippen LogP contribution in [-0.2, 0) is 16.9 Å². The molecule has 5 heteroatoms. The number of carbonyl (C=O) groups excluding carboxylic acids is 1. The average molecular weight is 552 g/mol. The summed E-state index contributed by atoms with van der Waals surface area (Å²) in [6.07, 6.45) is 1.83. The van der Waals surface area contributed by atoms with Gasteiger partial charge < -0.3 is 19.1 Å². The van der Waals surface area contributed by atoms with E-state index in [1.54, 1.807) is 21.3 Å². The maximum absolute atomic E-state index is 14.3. The van der Waals surface area contributed by atoms with Crippen molar-refractivity contribution in [2.45, 2.75) is 18.0 Å². The lowest BCUT2D eigenvalue weighted by molar-refractivity contribution is -0.130. The molecule has 5 nitrogen and oxygen atoms in total. The molecule has 0 unspecified atom stereocenters. The molecule has 2 atom stereocenters. The lowest BCUT2D eigenvalue weighted by atomic mass is 9.57. The van der Waals surface area contributed by atoms with Crippen LogP contribution in [-0.4, -0.2) is 32.1 Å². The number of hydrogen-bond donors (Lipinski definition) is 0. The molecule has 0 radical (unpaired) electrons. The normalized spacial score (nSPS) is 19.7. The Morgan fingerprint density at radius 3 is 2.26 bits per heavy atom. The van der Waals surface area contributed by atoms with E-state index in [0.29, 0.717) is 12.3 Å². The number of fused-ring (bicyclic) bond motifs is 8. The van der Waals surface area contributed by atoms with E-state index in [1.807, 2.05) is 30.3 Å². The van der Waals surface area contributed by atoms with E-state index in [-0.39, 0.29) is 11.8 Å². The fraction of sp³-hybridized carbons (Fsp3) is 0.162. The third kappa shape index (κ3) is 3.05. The molecule has 42 heavy (non-hydrogen) atoms. The van der Waals surface area contributed by atoms with Gasteiger partial charge in [0.1, 0.15) is 22.8 Å². The van der Waals surface area contributed by atoms with Gasteiger partial charge in [0, 0.05) is 35.7 Å². The van der Waals surface area contributed by atoms with E-state index < -0.39 is 5.54 Å². The first kappa shape index (κ1) is 24.7. The predicted octanol–water partition coefficient (Wildman–Crippen LogP) is 7.31. The lowest BCUT2D eigenvalue weighted by Crippen LogP contribution is -2.54. The molecule has 1 spiro atoms. The van der Waals surface area contributed by atoms with E-state index in [1.165, 1.54) is 16.5 Å². The number of carbonyl (C=O) groups is 1. The van der Waals surface area contributed by atoms with E-state index in [2.05, 4.69) is 77.7 Å². The molecule has 2 heterocycles. The van der Waals surface area contributed by atoms with Gasteiger partial charge in [0.25, 0.3) is 0 Å². The van der Waals surface area contributed by atoms with Crippen molar-refractivity contribution in [3.05, 3.63) is 131 Å². The number of rotatable bonds is 4. The standard InChI is InChI=1S/C37H29NO4/c1-40-24-18-23-21-38-33(39)20-30(28-13-7-9-15-31(28)41-2)37(38)29-14-8-6-12-26(29)27-17-16-22-10-4-5-11-25(22)35(27)36(37)34(23)32(19-24)42-3/h4-20,36H,21H2,1-3H3/t36-,37-/m0/s1. The average Bonchev–Trinajstić information content (AvgIpc) is 3.34. The first-order valence-corrected chi connectivity index (χ1v) is 14.1. The van der Waals surface area contributed by atoms with Crippen LogP contribution < -0.4 is 14.2 Å². The van der Waals surface area contributed by atoms with Gasteiger partial charge in [-0.1, -0.05) is 78.9 Å². The number of para-hydroxylation sites is 1. The van der Waals surface area contributed by atoms with Crippen molar-refractivity contribution < 1.29 is 19.0 Å². The second-order valence-electron chi connectivity index (χ2n) is 11.1. The highest BCUT2D eigenvalue weighted by atomic mass is 16.5. The van der Waals surface area contributed by atoms with Crippen LogP contribution in [0.5, 0.6) is 17.2 Å². The fourth-order valence-electron chi connectivity index (χ4n) is 7.77. The van der Waals surface area contributed by atoms with Crippen molar-refractivity contribution in [3.8, 4) is 28.4 Å². The second kappa shape index (κ2) is 8.98. The molecule has 5 aromatic carbocycles. The molecule has 1 aliphatic carbocycles. The second-order valence-corrected chi connectivity index (χ2v) is 11.1. The minimum Gasteiger partial charge on any atom is -0.497 e. The summed E-state index contributed by atoms with van der Waals surface area (Å²) >= 11 is 0. The summed E-state index contributed by atoms with van der Waals surface area (Å²) in [6, 6.07) is 33.6. The first-order chi connectivity index (χ1) is 20.6. The molecular formula is C37H29NO4. The number of benzene rings is 5. The lowest BCUT2D eigenvalue weighted by Gasteiger charge is -2.54. The van der Waals surface area contributed by atoms with Crippen molar-refractivity contribution >= 4 is 22.3 Å². The van der Waals surface area contributed by atoms with Gasteiger partial charge in [-0.3, -0.25) is 4.79 Å². The number of amides is 1. The molecule has 2 aliphatic heterocycles. The van der Waals surface area contributed by atoms with Gasteiger partial charge in [0.2, 0.25) is 5.91 Å². The van der Waals surface area contributed by atoms with E-state index in [0.717, 1.165) is 50.3 Å². The van der Waals surface area contributed by atoms with Crippen LogP contribution in [0.1, 0.15) is 33.7 Å². The van der Waals surface area contributed by atoms with Gasteiger partial charge >= 0.3 is 0 Å². The molecule has 8 rings (SSSR count). The molecule has 5 aromatic rings. The Balaban J connectivity index is 1.59. The minimum atomic E-state index is -0.839. The first-order valence-electron chi connectivity index (χ1n) is 14.1. The van der Waals surface area contributed by atoms with Crippen molar-refractivity contribution in [1.29, 1.82) is 0 Å². The van der Waals surface area contributed by atoms with Gasteiger partial charge in [0.15, 0.2) is 0 Å². The van der Waals surface area contributed by atoms with Gasteiger partial charge in [-0.25, -0.2) is 0 Å². The molecule has 0 N–H and O–H groups in total. The summed E-state index contributed by atoms with van der Waals surface area (Å²) in [6.45, 7) is 0.418. The fourth-order valence-corrected chi connectivity index (χ4v) is 7.77. The van der Waals surface area contributed by atoms with Crippen molar-refractivity contribution in [2.24, 2.45) is 0 Å². The topological polar surface area (TPSA) is 48.0 Å². The van der Waals surface area contributed by atoms with Crippen LogP contribution >= 0.6 is 0 Å². The zero-order valence-corrected chi connectivity index (χ0v) is 23.7. The summed E-state index contributed by atoms with van der Waals surface area (Å²) < 4.78 is 17.8. The van der Waals surface area contributed by atoms with Crippen molar-refractivity contribution in [1.82, 2.24) is 4.90 Å². The van der Waals surface area contributed by atoms with Crippen LogP contribution in [0.2, 0.25) is 0 Å². The van der Waals surface area contributed by atoms with Crippen molar-refractivity contribution in [2.75, 3.05) is 21.3 Å². The van der Waals surface area contributed by atoms with Gasteiger partial charge in [-0.05, 0) is 56.3 Å². The molecule has 206 valence electrons. The molecule has 0 aromatic heterocycles. The summed E-state index contributed by atoms with van der Waals surface area (Å²) in [7, 11) is 5.06. The molecule has 0 saturated carbocycles. The molecule has 1 amide bonds. The highest BCUT2D eigenvalue weighted by Crippen LogP contribution is 2.67. The maximum Gasteiger partial charge on any atom is 0.248 e. The Labute approximate surface area is 244 Å². The Kier molecular flexibility index (Phi) is 5.29. The Morgan fingerprint density at radius 2 is 1.45 bits per heavy atom. The minimum absolute atomic E-state index is 0.0215. The SMILES string of the molecule is COc1cc2c(c(OC)c1)[C@H]1c3c(ccc4ccccc34)-c3ccccc3[C@]13C(c1ccccc1OC)=CC(=O)N3C2. The van der Waals surface area contributed by atoms with Crippen LogP contribution in [0.25, 0.3) is 27.5 Å². The highest BCUT2D eigenvalue weighted by Gasteiger charge is 2.61. The Hall–Kier alpha value is -5.03. The van der Waals surface area contributed by atoms with Crippen LogP contribution in [0, 0.1) is 0 Å². The van der Waals surface area contributed by atoms with Crippen LogP contribution in [0.15, 0.2) is 103 Å². The number of ether oxygens (including phenoxy) is 3. The van der Waals surface area contributed by atoms with Gasteiger partial charge in [-0.15, -0.1) is 0 Å². The number of methoxy groups -OCH3 is 3. The quantitative estimate of drug-likeness (QED) is 0.235. The summed E-state index contributed by atoms with van der Waals surface area (Å²) in [5.41, 5.74) is 7.70. The number of hydrogen-bond acceptors (Lipinski definition) is 4. The van der Waals surface area contributed by atoms with Crippen molar-refractivity contribution in [3.63, 3.8) is 0 Å². The zero-order chi connectivity index (χ0) is 28.6. The Bertz CT molecular complexity index is 1970. The number of nitrogens with zero attached hydrogens (tertiary/aromatic N) is 1. The highest BCUT2D eigenvalue weighted by molar-refractivity contribution is 6.09. The largest absolute Gasteiger partial charge is 0.497 e.